The van der Waals surface area contributed by atoms with Crippen molar-refractivity contribution >= 4 is 17.3 Å². The zero-order chi connectivity index (χ0) is 26.9. The minimum Gasteiger partial charge on any atom is -0.378 e. The van der Waals surface area contributed by atoms with Gasteiger partial charge < -0.3 is 20.1 Å². The van der Waals surface area contributed by atoms with E-state index >= 15 is 0 Å². The number of nitrogens with two attached hydrogens (primary N) is 1. The number of anilines is 2. The Morgan fingerprint density at radius 3 is 2.41 bits per heavy atom. The normalized spacial score (nSPS) is 22.4. The number of ether oxygens (including phenoxy) is 2. The van der Waals surface area contributed by atoms with Gasteiger partial charge in [0.1, 0.15) is 11.4 Å². The Kier molecular flexibility index (Phi) is 7.07. The van der Waals surface area contributed by atoms with Gasteiger partial charge in [0.05, 0.1) is 38.0 Å². The van der Waals surface area contributed by atoms with Crippen LogP contribution < -0.4 is 16.3 Å². The van der Waals surface area contributed by atoms with Crippen LogP contribution in [0.2, 0.25) is 0 Å². The Hall–Kier alpha value is -3.73. The summed E-state index contributed by atoms with van der Waals surface area (Å²) in [5.41, 5.74) is 10.3. The fraction of sp³-hybridized carbons (Fsp3) is 0.414. The standard InChI is InChI=1S/C29H35N7O3/c1-20-15-34(16-21(2)39-20)26-25(23-11-7-4-8-12-23)31-28(30)36-27(26)32-35(29(36)37)18-24-19-38-14-13-33(24)17-22-9-5-3-6-10-22/h3-12,20-21,24H,13-19H2,1-2H3,(H2,30,31)/t20-,21+,24-/m0/s1. The summed E-state index contributed by atoms with van der Waals surface area (Å²) in [6.45, 7) is 8.60. The first kappa shape index (κ1) is 25.5. The van der Waals surface area contributed by atoms with Crippen LogP contribution in [-0.4, -0.2) is 75.2 Å². The van der Waals surface area contributed by atoms with Gasteiger partial charge in [0.15, 0.2) is 5.65 Å². The van der Waals surface area contributed by atoms with E-state index in [0.29, 0.717) is 44.2 Å². The predicted molar refractivity (Wildman–Crippen MR) is 151 cm³/mol. The van der Waals surface area contributed by atoms with Crippen LogP contribution in [0.25, 0.3) is 16.9 Å². The molecule has 0 radical (unpaired) electrons. The van der Waals surface area contributed by atoms with Crippen LogP contribution in [0.15, 0.2) is 65.5 Å². The van der Waals surface area contributed by atoms with Crippen molar-refractivity contribution in [3.63, 3.8) is 0 Å². The largest absolute Gasteiger partial charge is 0.378 e. The van der Waals surface area contributed by atoms with Crippen molar-refractivity contribution in [1.29, 1.82) is 0 Å². The van der Waals surface area contributed by atoms with Crippen LogP contribution in [0.1, 0.15) is 19.4 Å². The fourth-order valence-electron chi connectivity index (χ4n) is 5.74. The molecule has 2 fully saturated rings. The average Bonchev–Trinajstić information content (AvgIpc) is 3.26. The van der Waals surface area contributed by atoms with Crippen LogP contribution in [0.5, 0.6) is 0 Å². The molecule has 39 heavy (non-hydrogen) atoms. The van der Waals surface area contributed by atoms with E-state index in [9.17, 15) is 4.79 Å². The molecule has 10 heteroatoms. The smallest absolute Gasteiger partial charge is 0.353 e. The van der Waals surface area contributed by atoms with Crippen LogP contribution in [-0.2, 0) is 22.6 Å². The van der Waals surface area contributed by atoms with Crippen LogP contribution in [0, 0.1) is 0 Å². The molecule has 0 unspecified atom stereocenters. The summed E-state index contributed by atoms with van der Waals surface area (Å²) in [4.78, 5) is 23.1. The van der Waals surface area contributed by atoms with E-state index in [1.165, 1.54) is 14.6 Å². The van der Waals surface area contributed by atoms with E-state index < -0.39 is 0 Å². The number of morpholine rings is 2. The zero-order valence-electron chi connectivity index (χ0n) is 22.4. The number of fused-ring (bicyclic) bond motifs is 1. The third-order valence-electron chi connectivity index (χ3n) is 7.48. The number of benzene rings is 2. The number of hydrogen-bond acceptors (Lipinski definition) is 8. The summed E-state index contributed by atoms with van der Waals surface area (Å²) in [5, 5.41) is 4.90. The minimum absolute atomic E-state index is 0.00349. The van der Waals surface area contributed by atoms with Crippen molar-refractivity contribution in [2.24, 2.45) is 0 Å². The molecular formula is C29H35N7O3. The molecule has 0 aliphatic carbocycles. The SMILES string of the molecule is C[C@@H]1CN(c2c(-c3ccccc3)nc(N)n3c(=O)n(C[C@H]4COCCN4Cc4ccccc4)nc23)C[C@H](C)O1. The lowest BCUT2D eigenvalue weighted by molar-refractivity contribution is -0.0191. The molecule has 3 atom stereocenters. The van der Waals surface area contributed by atoms with Gasteiger partial charge in [-0.2, -0.15) is 0 Å². The molecule has 2 aromatic heterocycles. The molecule has 4 heterocycles. The van der Waals surface area contributed by atoms with Crippen molar-refractivity contribution in [3.8, 4) is 11.3 Å². The van der Waals surface area contributed by atoms with Crippen molar-refractivity contribution < 1.29 is 9.47 Å². The first-order valence-electron chi connectivity index (χ1n) is 13.6. The van der Waals surface area contributed by atoms with Crippen LogP contribution >= 0.6 is 0 Å². The monoisotopic (exact) mass is 529 g/mol. The van der Waals surface area contributed by atoms with E-state index in [0.717, 1.165) is 24.3 Å². The maximum Gasteiger partial charge on any atom is 0.353 e. The summed E-state index contributed by atoms with van der Waals surface area (Å²) < 4.78 is 14.8. The second-order valence-corrected chi connectivity index (χ2v) is 10.5. The lowest BCUT2D eigenvalue weighted by atomic mass is 10.1. The summed E-state index contributed by atoms with van der Waals surface area (Å²) in [7, 11) is 0. The van der Waals surface area contributed by atoms with E-state index in [1.54, 1.807) is 0 Å². The second kappa shape index (κ2) is 10.8. The topological polar surface area (TPSA) is 103 Å². The van der Waals surface area contributed by atoms with E-state index in [1.807, 2.05) is 48.5 Å². The molecule has 2 aliphatic rings. The lowest BCUT2D eigenvalue weighted by Crippen LogP contribution is -2.48. The molecule has 204 valence electrons. The maximum atomic E-state index is 13.7. The molecule has 2 aromatic carbocycles. The Balaban J connectivity index is 1.43. The Bertz CT molecular complexity index is 1480. The first-order valence-corrected chi connectivity index (χ1v) is 13.6. The van der Waals surface area contributed by atoms with Gasteiger partial charge in [0.2, 0.25) is 5.95 Å². The lowest BCUT2D eigenvalue weighted by Gasteiger charge is -2.37. The molecular weight excluding hydrogens is 494 g/mol. The highest BCUT2D eigenvalue weighted by atomic mass is 16.5. The Labute approximate surface area is 227 Å². The number of hydrogen-bond donors (Lipinski definition) is 1. The molecule has 10 nitrogen and oxygen atoms in total. The van der Waals surface area contributed by atoms with Crippen molar-refractivity contribution in [1.82, 2.24) is 24.1 Å². The van der Waals surface area contributed by atoms with Crippen LogP contribution in [0.3, 0.4) is 0 Å². The summed E-state index contributed by atoms with van der Waals surface area (Å²) in [5.74, 6) is 0.124. The quantitative estimate of drug-likeness (QED) is 0.407. The van der Waals surface area contributed by atoms with Gasteiger partial charge in [-0.3, -0.25) is 4.90 Å². The third kappa shape index (κ3) is 5.15. The molecule has 0 spiro atoms. The minimum atomic E-state index is -0.296. The summed E-state index contributed by atoms with van der Waals surface area (Å²) >= 11 is 0. The molecule has 0 amide bonds. The molecule has 2 saturated heterocycles. The third-order valence-corrected chi connectivity index (χ3v) is 7.48. The number of nitrogen functional groups attached to an aromatic ring is 1. The van der Waals surface area contributed by atoms with Gasteiger partial charge >= 0.3 is 5.69 Å². The number of rotatable bonds is 6. The molecule has 4 aromatic rings. The maximum absolute atomic E-state index is 13.7. The van der Waals surface area contributed by atoms with E-state index in [4.69, 9.17) is 25.3 Å². The Morgan fingerprint density at radius 2 is 1.69 bits per heavy atom. The summed E-state index contributed by atoms with van der Waals surface area (Å²) in [6.07, 6.45) is 0.0458. The van der Waals surface area contributed by atoms with Gasteiger partial charge in [0.25, 0.3) is 0 Å². The molecule has 6 rings (SSSR count). The zero-order valence-corrected chi connectivity index (χ0v) is 22.4. The molecule has 2 N–H and O–H groups in total. The van der Waals surface area contributed by atoms with Gasteiger partial charge in [-0.1, -0.05) is 60.7 Å². The van der Waals surface area contributed by atoms with Crippen LogP contribution in [0.4, 0.5) is 11.6 Å². The predicted octanol–water partition coefficient (Wildman–Crippen LogP) is 2.65. The first-order chi connectivity index (χ1) is 19.0. The molecule has 2 aliphatic heterocycles. The van der Waals surface area contributed by atoms with Crippen molar-refractivity contribution in [2.45, 2.75) is 45.2 Å². The molecule has 0 bridgehead atoms. The highest BCUT2D eigenvalue weighted by Gasteiger charge is 2.31. The summed E-state index contributed by atoms with van der Waals surface area (Å²) in [6, 6.07) is 20.3. The highest BCUT2D eigenvalue weighted by molar-refractivity contribution is 5.86. The molecule has 0 saturated carbocycles. The van der Waals surface area contributed by atoms with Gasteiger partial charge in [-0.05, 0) is 19.4 Å². The van der Waals surface area contributed by atoms with E-state index in [-0.39, 0.29) is 29.9 Å². The Morgan fingerprint density at radius 1 is 1.00 bits per heavy atom. The highest BCUT2D eigenvalue weighted by Crippen LogP contribution is 2.35. The average molecular weight is 530 g/mol. The van der Waals surface area contributed by atoms with Crippen molar-refractivity contribution in [3.05, 3.63) is 76.7 Å². The van der Waals surface area contributed by atoms with Gasteiger partial charge in [-0.15, -0.1) is 5.10 Å². The van der Waals surface area contributed by atoms with Gasteiger partial charge in [0, 0.05) is 31.7 Å². The number of aromatic nitrogens is 4. The second-order valence-electron chi connectivity index (χ2n) is 10.5. The number of nitrogens with zero attached hydrogens (tertiary/aromatic N) is 6. The van der Waals surface area contributed by atoms with Gasteiger partial charge in [-0.25, -0.2) is 18.9 Å². The van der Waals surface area contributed by atoms with E-state index in [2.05, 4.69) is 35.8 Å². The van der Waals surface area contributed by atoms with Crippen molar-refractivity contribution in [2.75, 3.05) is 43.5 Å². The fourth-order valence-corrected chi connectivity index (χ4v) is 5.74.